The van der Waals surface area contributed by atoms with E-state index in [4.69, 9.17) is 5.73 Å². The number of thiazole rings is 1. The van der Waals surface area contributed by atoms with Crippen LogP contribution in [0.25, 0.3) is 0 Å². The van der Waals surface area contributed by atoms with Crippen molar-refractivity contribution in [2.24, 2.45) is 0 Å². The molecule has 0 saturated heterocycles. The molecule has 21 heavy (non-hydrogen) atoms. The molecule has 1 aromatic carbocycles. The number of carbonyl (C=O) groups is 1. The highest BCUT2D eigenvalue weighted by Crippen LogP contribution is 2.32. The van der Waals surface area contributed by atoms with Gasteiger partial charge in [0.1, 0.15) is 10.7 Å². The minimum atomic E-state index is -0.283. The number of aromatic nitrogens is 1. The zero-order valence-corrected chi connectivity index (χ0v) is 12.5. The highest BCUT2D eigenvalue weighted by molar-refractivity contribution is 7.17. The molecule has 1 aromatic heterocycles. The number of anilines is 1. The molecular weight excluding hydrogens is 289 g/mol. The molecule has 1 aliphatic carbocycles. The monoisotopic (exact) mass is 305 g/mol. The second-order valence-electron chi connectivity index (χ2n) is 5.26. The minimum Gasteiger partial charge on any atom is -0.375 e. The second kappa shape index (κ2) is 5.44. The van der Waals surface area contributed by atoms with Crippen LogP contribution in [0.2, 0.25) is 0 Å². The van der Waals surface area contributed by atoms with Gasteiger partial charge in [0, 0.05) is 12.6 Å². The maximum atomic E-state index is 13.3. The Morgan fingerprint density at radius 2 is 2.29 bits per heavy atom. The van der Waals surface area contributed by atoms with Gasteiger partial charge < -0.3 is 10.6 Å². The number of rotatable bonds is 4. The van der Waals surface area contributed by atoms with Gasteiger partial charge >= 0.3 is 0 Å². The summed E-state index contributed by atoms with van der Waals surface area (Å²) < 4.78 is 13.3. The molecule has 0 unspecified atom stereocenters. The minimum absolute atomic E-state index is 0.0616. The summed E-state index contributed by atoms with van der Waals surface area (Å²) in [5.41, 5.74) is 7.12. The van der Waals surface area contributed by atoms with Gasteiger partial charge in [0.25, 0.3) is 5.91 Å². The van der Waals surface area contributed by atoms with Gasteiger partial charge in [-0.15, -0.1) is 0 Å². The summed E-state index contributed by atoms with van der Waals surface area (Å²) in [7, 11) is 0. The van der Waals surface area contributed by atoms with Gasteiger partial charge in [-0.1, -0.05) is 23.5 Å². The fraction of sp³-hybridized carbons (Fsp3) is 0.333. The SMILES string of the molecule is Cc1nc(N)sc1C(=O)N(Cc1cccc(F)c1)C1CC1. The summed E-state index contributed by atoms with van der Waals surface area (Å²) in [4.78, 5) is 19.2. The van der Waals surface area contributed by atoms with Crippen LogP contribution >= 0.6 is 11.3 Å². The van der Waals surface area contributed by atoms with Gasteiger partial charge in [-0.3, -0.25) is 4.79 Å². The number of nitrogens with zero attached hydrogens (tertiary/aromatic N) is 2. The lowest BCUT2D eigenvalue weighted by molar-refractivity contribution is 0.0733. The van der Waals surface area contributed by atoms with Crippen LogP contribution in [0.3, 0.4) is 0 Å². The number of amides is 1. The molecule has 1 saturated carbocycles. The number of aryl methyl sites for hydroxylation is 1. The average molecular weight is 305 g/mol. The van der Waals surface area contributed by atoms with E-state index in [1.807, 2.05) is 6.07 Å². The van der Waals surface area contributed by atoms with Crippen molar-refractivity contribution in [2.45, 2.75) is 32.4 Å². The quantitative estimate of drug-likeness (QED) is 0.944. The molecule has 0 bridgehead atoms. The van der Waals surface area contributed by atoms with Crippen LogP contribution in [0.15, 0.2) is 24.3 Å². The Hall–Kier alpha value is -1.95. The van der Waals surface area contributed by atoms with Crippen LogP contribution in [0.5, 0.6) is 0 Å². The molecule has 2 N–H and O–H groups in total. The topological polar surface area (TPSA) is 59.2 Å². The van der Waals surface area contributed by atoms with Crippen molar-refractivity contribution in [3.63, 3.8) is 0 Å². The molecule has 0 aliphatic heterocycles. The summed E-state index contributed by atoms with van der Waals surface area (Å²) in [6.45, 7) is 2.20. The lowest BCUT2D eigenvalue weighted by Gasteiger charge is -2.22. The Labute approximate surface area is 126 Å². The number of benzene rings is 1. The third kappa shape index (κ3) is 3.05. The fourth-order valence-corrected chi connectivity index (χ4v) is 3.12. The second-order valence-corrected chi connectivity index (χ2v) is 6.29. The number of nitrogens with two attached hydrogens (primary N) is 1. The van der Waals surface area contributed by atoms with Gasteiger partial charge in [0.2, 0.25) is 0 Å². The van der Waals surface area contributed by atoms with Gasteiger partial charge in [0.05, 0.1) is 5.69 Å². The first kappa shape index (κ1) is 14.0. The largest absolute Gasteiger partial charge is 0.375 e. The third-order valence-corrected chi connectivity index (χ3v) is 4.47. The van der Waals surface area contributed by atoms with E-state index in [9.17, 15) is 9.18 Å². The molecular formula is C15H16FN3OS. The summed E-state index contributed by atoms with van der Waals surface area (Å²) in [6, 6.07) is 6.61. The first-order valence-corrected chi connectivity index (χ1v) is 7.64. The number of hydrogen-bond acceptors (Lipinski definition) is 4. The molecule has 1 aliphatic rings. The molecule has 0 spiro atoms. The van der Waals surface area contributed by atoms with Crippen molar-refractivity contribution in [1.82, 2.24) is 9.88 Å². The summed E-state index contributed by atoms with van der Waals surface area (Å²) in [5.74, 6) is -0.345. The Kier molecular flexibility index (Phi) is 3.63. The summed E-state index contributed by atoms with van der Waals surface area (Å²) >= 11 is 1.21. The number of nitrogen functional groups attached to an aromatic ring is 1. The standard InChI is InChI=1S/C15H16FN3OS/c1-9-13(21-15(17)18-9)14(20)19(12-5-6-12)8-10-3-2-4-11(16)7-10/h2-4,7,12H,5-6,8H2,1H3,(H2,17,18). The highest BCUT2D eigenvalue weighted by atomic mass is 32.1. The van der Waals surface area contributed by atoms with Crippen molar-refractivity contribution >= 4 is 22.4 Å². The van der Waals surface area contributed by atoms with E-state index < -0.39 is 0 Å². The smallest absolute Gasteiger partial charge is 0.266 e. The van der Waals surface area contributed by atoms with Gasteiger partial charge in [-0.2, -0.15) is 0 Å². The van der Waals surface area contributed by atoms with E-state index in [2.05, 4.69) is 4.98 Å². The molecule has 1 fully saturated rings. The molecule has 1 heterocycles. The van der Waals surface area contributed by atoms with E-state index in [0.29, 0.717) is 22.2 Å². The zero-order valence-electron chi connectivity index (χ0n) is 11.7. The fourth-order valence-electron chi connectivity index (χ4n) is 2.33. The maximum absolute atomic E-state index is 13.3. The molecule has 1 amide bonds. The highest BCUT2D eigenvalue weighted by Gasteiger charge is 2.34. The lowest BCUT2D eigenvalue weighted by atomic mass is 10.2. The molecule has 110 valence electrons. The lowest BCUT2D eigenvalue weighted by Crippen LogP contribution is -2.32. The van der Waals surface area contributed by atoms with Crippen LogP contribution in [-0.2, 0) is 6.54 Å². The molecule has 6 heteroatoms. The van der Waals surface area contributed by atoms with E-state index in [1.165, 1.54) is 23.5 Å². The van der Waals surface area contributed by atoms with Gasteiger partial charge in [-0.25, -0.2) is 9.37 Å². The van der Waals surface area contributed by atoms with E-state index in [1.54, 1.807) is 17.9 Å². The van der Waals surface area contributed by atoms with Crippen molar-refractivity contribution in [3.05, 3.63) is 46.2 Å². The Bertz CT molecular complexity index is 681. The predicted octanol–water partition coefficient (Wildman–Crippen LogP) is 2.98. The Morgan fingerprint density at radius 1 is 1.52 bits per heavy atom. The molecule has 3 rings (SSSR count). The molecule has 0 atom stereocenters. The number of hydrogen-bond donors (Lipinski definition) is 1. The molecule has 4 nitrogen and oxygen atoms in total. The first-order valence-electron chi connectivity index (χ1n) is 6.83. The van der Waals surface area contributed by atoms with Crippen LogP contribution in [0.4, 0.5) is 9.52 Å². The van der Waals surface area contributed by atoms with Gasteiger partial charge in [0.15, 0.2) is 5.13 Å². The zero-order chi connectivity index (χ0) is 15.0. The summed E-state index contributed by atoms with van der Waals surface area (Å²) in [6.07, 6.45) is 1.99. The third-order valence-electron chi connectivity index (χ3n) is 3.50. The van der Waals surface area contributed by atoms with E-state index >= 15 is 0 Å². The van der Waals surface area contributed by atoms with Crippen LogP contribution in [0.1, 0.15) is 33.8 Å². The number of halogens is 1. The van der Waals surface area contributed by atoms with Crippen LogP contribution < -0.4 is 5.73 Å². The Morgan fingerprint density at radius 3 is 2.86 bits per heavy atom. The normalized spacial score (nSPS) is 14.2. The summed E-state index contributed by atoms with van der Waals surface area (Å²) in [5, 5.41) is 0.400. The predicted molar refractivity (Wildman–Crippen MR) is 80.6 cm³/mol. The molecule has 0 radical (unpaired) electrons. The average Bonchev–Trinajstić information content (AvgIpc) is 3.21. The van der Waals surface area contributed by atoms with Crippen molar-refractivity contribution in [1.29, 1.82) is 0 Å². The van der Waals surface area contributed by atoms with Crippen LogP contribution in [0, 0.1) is 12.7 Å². The number of carbonyl (C=O) groups excluding carboxylic acids is 1. The van der Waals surface area contributed by atoms with Crippen molar-refractivity contribution < 1.29 is 9.18 Å². The van der Waals surface area contributed by atoms with Crippen LogP contribution in [-0.4, -0.2) is 21.8 Å². The van der Waals surface area contributed by atoms with Crippen molar-refractivity contribution in [3.8, 4) is 0 Å². The molecule has 2 aromatic rings. The Balaban J connectivity index is 1.85. The first-order chi connectivity index (χ1) is 10.0. The van der Waals surface area contributed by atoms with Gasteiger partial charge in [-0.05, 0) is 37.5 Å². The van der Waals surface area contributed by atoms with E-state index in [0.717, 1.165) is 18.4 Å². The van der Waals surface area contributed by atoms with Crippen molar-refractivity contribution in [2.75, 3.05) is 5.73 Å². The maximum Gasteiger partial charge on any atom is 0.266 e. The van der Waals surface area contributed by atoms with E-state index in [-0.39, 0.29) is 17.8 Å².